The molecule has 1 heterocycles. The fourth-order valence-electron chi connectivity index (χ4n) is 1.27. The molecule has 0 amide bonds. The minimum absolute atomic E-state index is 0.198. The highest BCUT2D eigenvalue weighted by Gasteiger charge is 2.20. The van der Waals surface area contributed by atoms with Gasteiger partial charge in [0, 0.05) is 0 Å². The number of rotatable bonds is 3. The fraction of sp³-hybridized carbons (Fsp3) is 1.00. The lowest BCUT2D eigenvalue weighted by Gasteiger charge is -2.20. The molecule has 0 N–H and O–H groups in total. The van der Waals surface area contributed by atoms with Crippen molar-refractivity contribution in [3.63, 3.8) is 0 Å². The second-order valence-corrected chi connectivity index (χ2v) is 5.95. The Kier molecular flexibility index (Phi) is 3.86. The van der Waals surface area contributed by atoms with E-state index in [-0.39, 0.29) is 5.75 Å². The number of hydrogen-bond acceptors (Lipinski definition) is 4. The van der Waals surface area contributed by atoms with Gasteiger partial charge in [-0.05, 0) is 30.3 Å². The van der Waals surface area contributed by atoms with Crippen LogP contribution in [0, 0.1) is 5.92 Å². The summed E-state index contributed by atoms with van der Waals surface area (Å²) in [5.41, 5.74) is 0. The summed E-state index contributed by atoms with van der Waals surface area (Å²) >= 11 is 1.90. The number of thioether (sulfide) groups is 1. The molecule has 5 heteroatoms. The highest BCUT2D eigenvalue weighted by molar-refractivity contribution is 7.99. The molecule has 1 rings (SSSR count). The van der Waals surface area contributed by atoms with E-state index < -0.39 is 10.1 Å². The molecular weight excluding hydrogens is 196 g/mol. The lowest BCUT2D eigenvalue weighted by Crippen LogP contribution is -2.21. The molecule has 0 saturated carbocycles. The van der Waals surface area contributed by atoms with Gasteiger partial charge in [0.25, 0.3) is 10.1 Å². The minimum atomic E-state index is -3.23. The lowest BCUT2D eigenvalue weighted by atomic mass is 10.1. The second-order valence-electron chi connectivity index (χ2n) is 2.95. The van der Waals surface area contributed by atoms with Gasteiger partial charge in [-0.1, -0.05) is 0 Å². The van der Waals surface area contributed by atoms with E-state index in [1.165, 1.54) is 7.11 Å². The van der Waals surface area contributed by atoms with Crippen molar-refractivity contribution in [3.05, 3.63) is 0 Å². The summed E-state index contributed by atoms with van der Waals surface area (Å²) in [6.45, 7) is 0. The second kappa shape index (κ2) is 4.48. The third kappa shape index (κ3) is 3.33. The van der Waals surface area contributed by atoms with Crippen LogP contribution >= 0.6 is 11.8 Å². The van der Waals surface area contributed by atoms with E-state index in [0.29, 0.717) is 5.92 Å². The molecule has 1 fully saturated rings. The standard InChI is InChI=1S/C7H14O3S2/c1-10-12(8,9)6-7-2-4-11-5-3-7/h7H,2-6H2,1H3. The van der Waals surface area contributed by atoms with Crippen LogP contribution in [0.4, 0.5) is 0 Å². The Morgan fingerprint density at radius 2 is 2.00 bits per heavy atom. The van der Waals surface area contributed by atoms with Crippen molar-refractivity contribution in [3.8, 4) is 0 Å². The summed E-state index contributed by atoms with van der Waals surface area (Å²) in [5.74, 6) is 2.69. The summed E-state index contributed by atoms with van der Waals surface area (Å²) in [6.07, 6.45) is 2.01. The first-order chi connectivity index (χ1) is 5.64. The predicted octanol–water partition coefficient (Wildman–Crippen LogP) is 1.11. The van der Waals surface area contributed by atoms with E-state index in [1.807, 2.05) is 11.8 Å². The smallest absolute Gasteiger partial charge is 0.267 e. The van der Waals surface area contributed by atoms with Crippen LogP contribution in [-0.2, 0) is 14.3 Å². The maximum absolute atomic E-state index is 11.0. The molecule has 0 bridgehead atoms. The van der Waals surface area contributed by atoms with Gasteiger partial charge in [-0.2, -0.15) is 20.2 Å². The molecular formula is C7H14O3S2. The largest absolute Gasteiger partial charge is 0.273 e. The zero-order chi connectivity index (χ0) is 9.03. The Morgan fingerprint density at radius 1 is 1.42 bits per heavy atom. The Balaban J connectivity index is 2.39. The average molecular weight is 210 g/mol. The molecule has 0 spiro atoms. The van der Waals surface area contributed by atoms with Crippen molar-refractivity contribution in [2.75, 3.05) is 24.4 Å². The van der Waals surface area contributed by atoms with Crippen molar-refractivity contribution in [2.24, 2.45) is 5.92 Å². The zero-order valence-electron chi connectivity index (χ0n) is 7.15. The van der Waals surface area contributed by atoms with Gasteiger partial charge in [0.15, 0.2) is 0 Å². The molecule has 3 nitrogen and oxygen atoms in total. The molecule has 0 unspecified atom stereocenters. The molecule has 0 radical (unpaired) electrons. The van der Waals surface area contributed by atoms with Gasteiger partial charge < -0.3 is 0 Å². The highest BCUT2D eigenvalue weighted by Crippen LogP contribution is 2.23. The molecule has 0 atom stereocenters. The molecule has 1 aliphatic rings. The third-order valence-corrected chi connectivity index (χ3v) is 4.47. The first-order valence-electron chi connectivity index (χ1n) is 4.00. The lowest BCUT2D eigenvalue weighted by molar-refractivity contribution is 0.385. The fourth-order valence-corrected chi connectivity index (χ4v) is 3.52. The Labute approximate surface area is 78.0 Å². The van der Waals surface area contributed by atoms with Gasteiger partial charge in [0.1, 0.15) is 0 Å². The minimum Gasteiger partial charge on any atom is -0.273 e. The molecule has 0 aromatic carbocycles. The maximum Gasteiger partial charge on any atom is 0.267 e. The summed E-state index contributed by atoms with van der Waals surface area (Å²) in [5, 5.41) is 0. The van der Waals surface area contributed by atoms with Crippen LogP contribution in [0.15, 0.2) is 0 Å². The van der Waals surface area contributed by atoms with Crippen LogP contribution in [0.5, 0.6) is 0 Å². The van der Waals surface area contributed by atoms with E-state index >= 15 is 0 Å². The van der Waals surface area contributed by atoms with Gasteiger partial charge >= 0.3 is 0 Å². The third-order valence-electron chi connectivity index (χ3n) is 2.03. The zero-order valence-corrected chi connectivity index (χ0v) is 8.79. The van der Waals surface area contributed by atoms with E-state index in [2.05, 4.69) is 4.18 Å². The molecule has 72 valence electrons. The molecule has 1 saturated heterocycles. The summed E-state index contributed by atoms with van der Waals surface area (Å²) in [6, 6.07) is 0. The summed E-state index contributed by atoms with van der Waals surface area (Å²) in [7, 11) is -2.00. The van der Waals surface area contributed by atoms with E-state index in [1.54, 1.807) is 0 Å². The quantitative estimate of drug-likeness (QED) is 0.654. The van der Waals surface area contributed by atoms with Gasteiger partial charge in [-0.15, -0.1) is 0 Å². The average Bonchev–Trinajstić information content (AvgIpc) is 2.06. The van der Waals surface area contributed by atoms with Gasteiger partial charge in [0.05, 0.1) is 12.9 Å². The van der Waals surface area contributed by atoms with Crippen molar-refractivity contribution in [2.45, 2.75) is 12.8 Å². The first kappa shape index (κ1) is 10.3. The molecule has 12 heavy (non-hydrogen) atoms. The van der Waals surface area contributed by atoms with E-state index in [9.17, 15) is 8.42 Å². The van der Waals surface area contributed by atoms with E-state index in [4.69, 9.17) is 0 Å². The van der Waals surface area contributed by atoms with Crippen LogP contribution < -0.4 is 0 Å². The topological polar surface area (TPSA) is 43.4 Å². The Morgan fingerprint density at radius 3 is 2.50 bits per heavy atom. The van der Waals surface area contributed by atoms with Crippen molar-refractivity contribution in [1.29, 1.82) is 0 Å². The van der Waals surface area contributed by atoms with Crippen molar-refractivity contribution >= 4 is 21.9 Å². The molecule has 0 aromatic heterocycles. The molecule has 0 aliphatic carbocycles. The van der Waals surface area contributed by atoms with E-state index in [0.717, 1.165) is 24.3 Å². The van der Waals surface area contributed by atoms with Gasteiger partial charge in [-0.3, -0.25) is 4.18 Å². The first-order valence-corrected chi connectivity index (χ1v) is 6.73. The van der Waals surface area contributed by atoms with Crippen LogP contribution in [0.2, 0.25) is 0 Å². The van der Waals surface area contributed by atoms with Crippen molar-refractivity contribution in [1.82, 2.24) is 0 Å². The molecule has 0 aromatic rings. The summed E-state index contributed by atoms with van der Waals surface area (Å²) in [4.78, 5) is 0. The normalized spacial score (nSPS) is 21.1. The van der Waals surface area contributed by atoms with Gasteiger partial charge in [-0.25, -0.2) is 0 Å². The summed E-state index contributed by atoms with van der Waals surface area (Å²) < 4.78 is 26.5. The van der Waals surface area contributed by atoms with Crippen LogP contribution in [0.1, 0.15) is 12.8 Å². The van der Waals surface area contributed by atoms with Crippen molar-refractivity contribution < 1.29 is 12.6 Å². The predicted molar refractivity (Wildman–Crippen MR) is 50.8 cm³/mol. The SMILES string of the molecule is COS(=O)(=O)CC1CCSCC1. The Bertz CT molecular complexity index is 217. The van der Waals surface area contributed by atoms with Crippen LogP contribution in [0.25, 0.3) is 0 Å². The maximum atomic E-state index is 11.0. The van der Waals surface area contributed by atoms with Gasteiger partial charge in [0.2, 0.25) is 0 Å². The van der Waals surface area contributed by atoms with Crippen LogP contribution in [-0.4, -0.2) is 32.8 Å². The van der Waals surface area contributed by atoms with Crippen LogP contribution in [0.3, 0.4) is 0 Å². The Hall–Kier alpha value is 0.260. The highest BCUT2D eigenvalue weighted by atomic mass is 32.2. The monoisotopic (exact) mass is 210 g/mol. The number of hydrogen-bond donors (Lipinski definition) is 0. The molecule has 1 aliphatic heterocycles.